The number of aromatic nitrogens is 3. The number of H-pyrrole nitrogens is 1. The van der Waals surface area contributed by atoms with Crippen LogP contribution in [0.1, 0.15) is 16.8 Å². The molecule has 0 amide bonds. The van der Waals surface area contributed by atoms with Crippen molar-refractivity contribution in [2.24, 2.45) is 5.10 Å². The van der Waals surface area contributed by atoms with E-state index in [0.717, 1.165) is 16.9 Å². The van der Waals surface area contributed by atoms with Crippen LogP contribution in [-0.4, -0.2) is 21.4 Å². The van der Waals surface area contributed by atoms with Crippen LogP contribution in [0.25, 0.3) is 0 Å². The second kappa shape index (κ2) is 8.26. The molecule has 1 aromatic heterocycles. The summed E-state index contributed by atoms with van der Waals surface area (Å²) in [5.74, 6) is 1.04. The molecule has 0 aliphatic rings. The van der Waals surface area contributed by atoms with Crippen LogP contribution in [0, 0.1) is 6.92 Å². The summed E-state index contributed by atoms with van der Waals surface area (Å²) in [4.78, 5) is 14.9. The van der Waals surface area contributed by atoms with Crippen molar-refractivity contribution in [3.63, 3.8) is 0 Å². The van der Waals surface area contributed by atoms with Crippen LogP contribution in [0.15, 0.2) is 58.4 Å². The third kappa shape index (κ3) is 4.67. The van der Waals surface area contributed by atoms with E-state index < -0.39 is 5.69 Å². The Balaban J connectivity index is 1.58. The molecule has 0 bridgehead atoms. The summed E-state index contributed by atoms with van der Waals surface area (Å²) in [7, 11) is 0. The number of aromatic amines is 1. The largest absolute Gasteiger partial charge is 0.489 e. The lowest BCUT2D eigenvalue weighted by molar-refractivity contribution is 0.306. The van der Waals surface area contributed by atoms with Crippen molar-refractivity contribution in [3.05, 3.63) is 80.9 Å². The average molecular weight is 370 g/mol. The highest BCUT2D eigenvalue weighted by molar-refractivity contribution is 6.31. The van der Waals surface area contributed by atoms with Crippen molar-refractivity contribution < 1.29 is 4.74 Å². The monoisotopic (exact) mass is 369 g/mol. The maximum Gasteiger partial charge on any atom is 0.363 e. The maximum absolute atomic E-state index is 11.2. The van der Waals surface area contributed by atoms with Gasteiger partial charge >= 0.3 is 5.69 Å². The molecule has 0 radical (unpaired) electrons. The number of hydrogen-bond acceptors (Lipinski definition) is 6. The number of hydrogen-bond donors (Lipinski definition) is 2. The Kier molecular flexibility index (Phi) is 5.60. The lowest BCUT2D eigenvalue weighted by Gasteiger charge is -2.07. The fourth-order valence-corrected chi connectivity index (χ4v) is 2.28. The molecule has 8 heteroatoms. The topological polar surface area (TPSA) is 92.3 Å². The molecule has 0 aliphatic heterocycles. The zero-order valence-electron chi connectivity index (χ0n) is 13.9. The lowest BCUT2D eigenvalue weighted by atomic mass is 10.2. The molecule has 7 nitrogen and oxygen atoms in total. The molecule has 3 rings (SSSR count). The van der Waals surface area contributed by atoms with E-state index in [-0.39, 0.29) is 0 Å². The molecular formula is C18H16ClN5O2. The predicted octanol–water partition coefficient (Wildman–Crippen LogP) is 3.15. The van der Waals surface area contributed by atoms with Gasteiger partial charge in [0.1, 0.15) is 18.1 Å². The molecular weight excluding hydrogens is 354 g/mol. The summed E-state index contributed by atoms with van der Waals surface area (Å²) >= 11 is 6.11. The van der Waals surface area contributed by atoms with Gasteiger partial charge < -0.3 is 4.74 Å². The van der Waals surface area contributed by atoms with Crippen LogP contribution in [0.3, 0.4) is 0 Å². The van der Waals surface area contributed by atoms with Crippen molar-refractivity contribution in [2.45, 2.75) is 13.5 Å². The van der Waals surface area contributed by atoms with E-state index in [2.05, 4.69) is 25.7 Å². The standard InChI is InChI=1S/C18H16ClN5O2/c1-12-17(21-18(25)24-22-12)23-20-10-13-6-8-15(9-7-13)26-11-14-4-2-3-5-16(14)19/h2-10H,11H2,1H3,(H2,21,23,24,25)/b20-10-. The summed E-state index contributed by atoms with van der Waals surface area (Å²) in [6.45, 7) is 2.11. The second-order valence-electron chi connectivity index (χ2n) is 5.39. The summed E-state index contributed by atoms with van der Waals surface area (Å²) < 4.78 is 5.73. The van der Waals surface area contributed by atoms with E-state index in [1.54, 1.807) is 13.1 Å². The predicted molar refractivity (Wildman–Crippen MR) is 101 cm³/mol. The summed E-state index contributed by atoms with van der Waals surface area (Å²) in [5.41, 5.74) is 4.50. The molecule has 0 unspecified atom stereocenters. The quantitative estimate of drug-likeness (QED) is 0.514. The average Bonchev–Trinajstić information content (AvgIpc) is 2.65. The maximum atomic E-state index is 11.2. The van der Waals surface area contributed by atoms with E-state index >= 15 is 0 Å². The Hall–Kier alpha value is -3.19. The first-order valence-electron chi connectivity index (χ1n) is 7.80. The second-order valence-corrected chi connectivity index (χ2v) is 5.80. The molecule has 132 valence electrons. The number of aryl methyl sites for hydroxylation is 1. The molecule has 3 aromatic rings. The molecule has 0 fully saturated rings. The number of halogens is 1. The van der Waals surface area contributed by atoms with Crippen molar-refractivity contribution in [2.75, 3.05) is 5.43 Å². The number of nitrogens with zero attached hydrogens (tertiary/aromatic N) is 3. The van der Waals surface area contributed by atoms with Crippen LogP contribution in [0.2, 0.25) is 5.02 Å². The van der Waals surface area contributed by atoms with E-state index in [9.17, 15) is 4.79 Å². The van der Waals surface area contributed by atoms with Gasteiger partial charge in [0.05, 0.1) is 6.21 Å². The Morgan fingerprint density at radius 2 is 2.00 bits per heavy atom. The molecule has 0 aliphatic carbocycles. The fourth-order valence-electron chi connectivity index (χ4n) is 2.09. The van der Waals surface area contributed by atoms with Gasteiger partial charge in [-0.05, 0) is 42.8 Å². The van der Waals surface area contributed by atoms with Gasteiger partial charge in [-0.1, -0.05) is 29.8 Å². The number of benzene rings is 2. The van der Waals surface area contributed by atoms with Crippen LogP contribution in [0.5, 0.6) is 5.75 Å². The van der Waals surface area contributed by atoms with Gasteiger partial charge in [0.15, 0.2) is 5.82 Å². The molecule has 1 heterocycles. The number of nitrogens with one attached hydrogen (secondary N) is 2. The first-order chi connectivity index (χ1) is 12.6. The van der Waals surface area contributed by atoms with Gasteiger partial charge in [-0.2, -0.15) is 15.2 Å². The minimum absolute atomic E-state index is 0.310. The first kappa shape index (κ1) is 17.6. The summed E-state index contributed by atoms with van der Waals surface area (Å²) in [5, 5.41) is 10.8. The number of ether oxygens (including phenoxy) is 1. The normalized spacial score (nSPS) is 10.8. The highest BCUT2D eigenvalue weighted by atomic mass is 35.5. The third-order valence-electron chi connectivity index (χ3n) is 3.49. The van der Waals surface area contributed by atoms with Crippen LogP contribution < -0.4 is 15.9 Å². The van der Waals surface area contributed by atoms with Gasteiger partial charge in [-0.15, -0.1) is 0 Å². The Bertz CT molecular complexity index is 970. The van der Waals surface area contributed by atoms with Gasteiger partial charge in [0.2, 0.25) is 0 Å². The molecule has 26 heavy (non-hydrogen) atoms. The van der Waals surface area contributed by atoms with E-state index in [1.807, 2.05) is 48.5 Å². The molecule has 2 aromatic carbocycles. The summed E-state index contributed by atoms with van der Waals surface area (Å²) in [6.07, 6.45) is 1.61. The van der Waals surface area contributed by atoms with Gasteiger partial charge in [-0.25, -0.2) is 9.89 Å². The van der Waals surface area contributed by atoms with Crippen LogP contribution in [0.4, 0.5) is 5.82 Å². The minimum atomic E-state index is -0.534. The van der Waals surface area contributed by atoms with Crippen LogP contribution in [-0.2, 0) is 6.61 Å². The third-order valence-corrected chi connectivity index (χ3v) is 3.86. The molecule has 0 atom stereocenters. The van der Waals surface area contributed by atoms with E-state index in [0.29, 0.717) is 23.1 Å². The highest BCUT2D eigenvalue weighted by Gasteiger charge is 2.01. The molecule has 0 spiro atoms. The SMILES string of the molecule is Cc1n[nH]c(=O)nc1N/N=C\c1ccc(OCc2ccccc2Cl)cc1. The van der Waals surface area contributed by atoms with Crippen molar-refractivity contribution in [1.29, 1.82) is 0 Å². The molecule has 2 N–H and O–H groups in total. The Labute approximate surface area is 154 Å². The smallest absolute Gasteiger partial charge is 0.363 e. The van der Waals surface area contributed by atoms with Crippen molar-refractivity contribution in [3.8, 4) is 5.75 Å². The van der Waals surface area contributed by atoms with E-state index in [4.69, 9.17) is 16.3 Å². The summed E-state index contributed by atoms with van der Waals surface area (Å²) in [6, 6.07) is 15.0. The minimum Gasteiger partial charge on any atom is -0.489 e. The Morgan fingerprint density at radius 3 is 2.77 bits per heavy atom. The van der Waals surface area contributed by atoms with Crippen molar-refractivity contribution in [1.82, 2.24) is 15.2 Å². The number of rotatable bonds is 6. The van der Waals surface area contributed by atoms with Crippen molar-refractivity contribution >= 4 is 23.6 Å². The van der Waals surface area contributed by atoms with Gasteiger partial charge in [0, 0.05) is 10.6 Å². The molecule has 0 saturated carbocycles. The lowest BCUT2D eigenvalue weighted by Crippen LogP contribution is -2.15. The highest BCUT2D eigenvalue weighted by Crippen LogP contribution is 2.18. The zero-order chi connectivity index (χ0) is 18.4. The molecule has 0 saturated heterocycles. The Morgan fingerprint density at radius 1 is 1.23 bits per heavy atom. The van der Waals surface area contributed by atoms with Gasteiger partial charge in [-0.3, -0.25) is 5.43 Å². The first-order valence-corrected chi connectivity index (χ1v) is 8.18. The number of hydrazone groups is 1. The van der Waals surface area contributed by atoms with Crippen LogP contribution >= 0.6 is 11.6 Å². The zero-order valence-corrected chi connectivity index (χ0v) is 14.7. The van der Waals surface area contributed by atoms with Gasteiger partial charge in [0.25, 0.3) is 0 Å². The fraction of sp³-hybridized carbons (Fsp3) is 0.111. The van der Waals surface area contributed by atoms with E-state index in [1.165, 1.54) is 0 Å². The number of anilines is 1.